The van der Waals surface area contributed by atoms with E-state index in [0.717, 1.165) is 21.3 Å². The van der Waals surface area contributed by atoms with Gasteiger partial charge in [0, 0.05) is 9.35 Å². The first-order valence-electron chi connectivity index (χ1n) is 5.79. The van der Waals surface area contributed by atoms with E-state index in [4.69, 9.17) is 0 Å². The molecule has 1 heterocycles. The topological polar surface area (TPSA) is 46.2 Å². The van der Waals surface area contributed by atoms with Crippen molar-refractivity contribution in [1.29, 1.82) is 0 Å². The van der Waals surface area contributed by atoms with Crippen molar-refractivity contribution in [2.75, 3.05) is 4.72 Å². The van der Waals surface area contributed by atoms with Gasteiger partial charge in [-0.15, -0.1) is 11.3 Å². The maximum atomic E-state index is 12.2. The Balaban J connectivity index is 2.30. The number of benzene rings is 1. The van der Waals surface area contributed by atoms with Gasteiger partial charge >= 0.3 is 0 Å². The highest BCUT2D eigenvalue weighted by atomic mass is 79.9. The van der Waals surface area contributed by atoms with Crippen molar-refractivity contribution in [2.24, 2.45) is 0 Å². The Hall–Kier alpha value is -0.850. The second-order valence-corrected chi connectivity index (χ2v) is 8.19. The number of hydrogen-bond donors (Lipinski definition) is 1. The highest BCUT2D eigenvalue weighted by Crippen LogP contribution is 2.26. The van der Waals surface area contributed by atoms with Gasteiger partial charge in [-0.2, -0.15) is 0 Å². The first kappa shape index (κ1) is 14.6. The van der Waals surface area contributed by atoms with Crippen LogP contribution in [0.5, 0.6) is 0 Å². The summed E-state index contributed by atoms with van der Waals surface area (Å²) >= 11 is 4.67. The number of thiophene rings is 1. The molecule has 0 saturated carbocycles. The summed E-state index contributed by atoms with van der Waals surface area (Å²) in [4.78, 5) is 1.06. The SMILES string of the molecule is CCc1ccc(S(=O)(=O)Nc2cc(C)cc(Br)c2)s1. The van der Waals surface area contributed by atoms with E-state index >= 15 is 0 Å². The molecule has 0 spiro atoms. The van der Waals surface area contributed by atoms with Gasteiger partial charge in [0.2, 0.25) is 0 Å². The van der Waals surface area contributed by atoms with E-state index in [1.807, 2.05) is 26.0 Å². The lowest BCUT2D eigenvalue weighted by Gasteiger charge is -2.07. The summed E-state index contributed by atoms with van der Waals surface area (Å²) in [6, 6.07) is 8.98. The standard InChI is InChI=1S/C13H14BrNO2S2/c1-3-12-4-5-13(18-12)19(16,17)15-11-7-9(2)6-10(14)8-11/h4-8,15H,3H2,1-2H3. The lowest BCUT2D eigenvalue weighted by atomic mass is 10.2. The molecule has 0 fully saturated rings. The molecule has 0 amide bonds. The Morgan fingerprint density at radius 2 is 2.00 bits per heavy atom. The van der Waals surface area contributed by atoms with Gasteiger partial charge in [-0.25, -0.2) is 8.42 Å². The van der Waals surface area contributed by atoms with E-state index in [1.54, 1.807) is 18.2 Å². The molecule has 0 aliphatic carbocycles. The van der Waals surface area contributed by atoms with Gasteiger partial charge in [0.1, 0.15) is 4.21 Å². The number of anilines is 1. The van der Waals surface area contributed by atoms with E-state index in [1.165, 1.54) is 11.3 Å². The molecule has 3 nitrogen and oxygen atoms in total. The number of hydrogen-bond acceptors (Lipinski definition) is 3. The summed E-state index contributed by atoms with van der Waals surface area (Å²) in [6.45, 7) is 3.93. The fourth-order valence-electron chi connectivity index (χ4n) is 1.69. The van der Waals surface area contributed by atoms with Crippen LogP contribution in [0, 0.1) is 6.92 Å². The number of halogens is 1. The Morgan fingerprint density at radius 1 is 1.26 bits per heavy atom. The molecule has 1 aromatic carbocycles. The van der Waals surface area contributed by atoms with Crippen LogP contribution < -0.4 is 4.72 Å². The predicted octanol–water partition coefficient (Wildman–Crippen LogP) is 4.18. The largest absolute Gasteiger partial charge is 0.279 e. The molecule has 0 aliphatic heterocycles. The first-order valence-corrected chi connectivity index (χ1v) is 8.88. The van der Waals surface area contributed by atoms with Crippen molar-refractivity contribution in [3.63, 3.8) is 0 Å². The molecule has 0 aliphatic rings. The van der Waals surface area contributed by atoms with Gasteiger partial charge < -0.3 is 0 Å². The average Bonchev–Trinajstić information content (AvgIpc) is 2.75. The molecule has 0 bridgehead atoms. The zero-order valence-corrected chi connectivity index (χ0v) is 13.8. The summed E-state index contributed by atoms with van der Waals surface area (Å²) in [7, 11) is -3.49. The van der Waals surface area contributed by atoms with E-state index in [-0.39, 0.29) is 0 Å². The van der Waals surface area contributed by atoms with Crippen molar-refractivity contribution >= 4 is 43.0 Å². The van der Waals surface area contributed by atoms with Crippen LogP contribution in [0.1, 0.15) is 17.4 Å². The molecular formula is C13H14BrNO2S2. The molecular weight excluding hydrogens is 346 g/mol. The molecule has 0 atom stereocenters. The van der Waals surface area contributed by atoms with Crippen molar-refractivity contribution in [3.05, 3.63) is 45.2 Å². The lowest BCUT2D eigenvalue weighted by molar-refractivity contribution is 0.603. The summed E-state index contributed by atoms with van der Waals surface area (Å²) < 4.78 is 28.3. The van der Waals surface area contributed by atoms with Gasteiger partial charge in [0.25, 0.3) is 10.0 Å². The van der Waals surface area contributed by atoms with E-state index in [0.29, 0.717) is 9.90 Å². The molecule has 2 aromatic rings. The number of nitrogens with one attached hydrogen (secondary N) is 1. The summed E-state index contributed by atoms with van der Waals surface area (Å²) in [5.41, 5.74) is 1.56. The summed E-state index contributed by atoms with van der Waals surface area (Å²) in [5, 5.41) is 0. The van der Waals surface area contributed by atoms with Crippen molar-refractivity contribution < 1.29 is 8.42 Å². The normalized spacial score (nSPS) is 11.5. The number of aryl methyl sites for hydroxylation is 2. The van der Waals surface area contributed by atoms with Gasteiger partial charge in [0.15, 0.2) is 0 Å². The van der Waals surface area contributed by atoms with Crippen LogP contribution >= 0.6 is 27.3 Å². The average molecular weight is 360 g/mol. The van der Waals surface area contributed by atoms with Crippen LogP contribution in [-0.2, 0) is 16.4 Å². The van der Waals surface area contributed by atoms with Gasteiger partial charge in [-0.05, 0) is 49.2 Å². The van der Waals surface area contributed by atoms with Gasteiger partial charge in [0.05, 0.1) is 5.69 Å². The Bertz CT molecular complexity index is 672. The minimum atomic E-state index is -3.49. The van der Waals surface area contributed by atoms with Crippen LogP contribution in [0.25, 0.3) is 0 Å². The Labute approximate surface area is 125 Å². The molecule has 0 unspecified atom stereocenters. The first-order chi connectivity index (χ1) is 8.90. The van der Waals surface area contributed by atoms with E-state index in [2.05, 4.69) is 20.7 Å². The van der Waals surface area contributed by atoms with Gasteiger partial charge in [-0.3, -0.25) is 4.72 Å². The van der Waals surface area contributed by atoms with Crippen LogP contribution in [0.15, 0.2) is 39.0 Å². The zero-order valence-electron chi connectivity index (χ0n) is 10.6. The van der Waals surface area contributed by atoms with Crippen molar-refractivity contribution in [2.45, 2.75) is 24.5 Å². The van der Waals surface area contributed by atoms with E-state index in [9.17, 15) is 8.42 Å². The minimum absolute atomic E-state index is 0.349. The van der Waals surface area contributed by atoms with Crippen LogP contribution in [0.3, 0.4) is 0 Å². The highest BCUT2D eigenvalue weighted by molar-refractivity contribution is 9.10. The van der Waals surface area contributed by atoms with Gasteiger partial charge in [-0.1, -0.05) is 22.9 Å². The maximum absolute atomic E-state index is 12.2. The zero-order chi connectivity index (χ0) is 14.0. The number of sulfonamides is 1. The highest BCUT2D eigenvalue weighted by Gasteiger charge is 2.16. The molecule has 102 valence electrons. The molecule has 2 rings (SSSR count). The van der Waals surface area contributed by atoms with Crippen LogP contribution in [-0.4, -0.2) is 8.42 Å². The summed E-state index contributed by atoms with van der Waals surface area (Å²) in [5.74, 6) is 0. The fourth-order valence-corrected chi connectivity index (χ4v) is 4.64. The smallest absolute Gasteiger partial charge is 0.271 e. The van der Waals surface area contributed by atoms with Crippen LogP contribution in [0.4, 0.5) is 5.69 Å². The van der Waals surface area contributed by atoms with Crippen LogP contribution in [0.2, 0.25) is 0 Å². The third kappa shape index (κ3) is 3.58. The maximum Gasteiger partial charge on any atom is 0.271 e. The predicted molar refractivity (Wildman–Crippen MR) is 83.4 cm³/mol. The second-order valence-electron chi connectivity index (χ2n) is 4.20. The molecule has 19 heavy (non-hydrogen) atoms. The quantitative estimate of drug-likeness (QED) is 0.889. The Kier molecular flexibility index (Phi) is 4.32. The third-order valence-corrected chi connectivity index (χ3v) is 6.11. The van der Waals surface area contributed by atoms with Crippen molar-refractivity contribution in [1.82, 2.24) is 0 Å². The minimum Gasteiger partial charge on any atom is -0.279 e. The summed E-state index contributed by atoms with van der Waals surface area (Å²) in [6.07, 6.45) is 0.843. The molecule has 6 heteroatoms. The molecule has 1 aromatic heterocycles. The lowest BCUT2D eigenvalue weighted by Crippen LogP contribution is -2.11. The number of rotatable bonds is 4. The Morgan fingerprint density at radius 3 is 2.58 bits per heavy atom. The second kappa shape index (κ2) is 5.64. The molecule has 0 radical (unpaired) electrons. The molecule has 1 N–H and O–H groups in total. The monoisotopic (exact) mass is 359 g/mol. The van der Waals surface area contributed by atoms with Crippen molar-refractivity contribution in [3.8, 4) is 0 Å². The van der Waals surface area contributed by atoms with E-state index < -0.39 is 10.0 Å². The molecule has 0 saturated heterocycles. The third-order valence-electron chi connectivity index (χ3n) is 2.54. The fraction of sp³-hybridized carbons (Fsp3) is 0.231.